The number of likely N-dealkylation sites (N-methyl/N-ethyl adjacent to an activating group) is 1. The lowest BCUT2D eigenvalue weighted by Gasteiger charge is -2.20. The summed E-state index contributed by atoms with van der Waals surface area (Å²) >= 11 is 12.1. The zero-order valence-electron chi connectivity index (χ0n) is 17.5. The molecule has 33 heavy (non-hydrogen) atoms. The number of para-hydroxylation sites is 2. The van der Waals surface area contributed by atoms with Crippen LogP contribution >= 0.6 is 23.2 Å². The number of amides is 2. The quantitative estimate of drug-likeness (QED) is 0.342. The number of nitrogens with zero attached hydrogens (tertiary/aromatic N) is 2. The van der Waals surface area contributed by atoms with E-state index in [0.29, 0.717) is 10.8 Å². The van der Waals surface area contributed by atoms with Crippen molar-refractivity contribution in [1.82, 2.24) is 4.90 Å². The molecule has 0 aliphatic heterocycles. The Morgan fingerprint density at radius 2 is 1.70 bits per heavy atom. The number of anilines is 1. The molecule has 0 bridgehead atoms. The highest BCUT2D eigenvalue weighted by Crippen LogP contribution is 2.25. The van der Waals surface area contributed by atoms with Gasteiger partial charge in [0.2, 0.25) is 0 Å². The number of nitrogens with one attached hydrogen (secondary N) is 1. The number of carbonyl (C=O) groups excluding carboxylic acids is 2. The van der Waals surface area contributed by atoms with Crippen molar-refractivity contribution in [2.45, 2.75) is 0 Å². The summed E-state index contributed by atoms with van der Waals surface area (Å²) < 4.78 is 5.63. The molecule has 0 atom stereocenters. The fraction of sp³-hybridized carbons (Fsp3) is 0.130. The molecule has 170 valence electrons. The van der Waals surface area contributed by atoms with E-state index in [9.17, 15) is 19.7 Å². The Balaban J connectivity index is 1.69. The van der Waals surface area contributed by atoms with Crippen molar-refractivity contribution in [3.63, 3.8) is 0 Å². The van der Waals surface area contributed by atoms with Gasteiger partial charge in [0.25, 0.3) is 17.5 Å². The maximum Gasteiger partial charge on any atom is 0.270 e. The first-order chi connectivity index (χ1) is 15.8. The molecule has 0 heterocycles. The summed E-state index contributed by atoms with van der Waals surface area (Å²) in [5, 5.41) is 13.9. The molecule has 0 fully saturated rings. The van der Waals surface area contributed by atoms with Crippen LogP contribution in [0.5, 0.6) is 5.75 Å². The highest BCUT2D eigenvalue weighted by atomic mass is 35.5. The minimum atomic E-state index is -0.604. The van der Waals surface area contributed by atoms with Gasteiger partial charge in [0.15, 0.2) is 0 Å². The SMILES string of the molecule is CN(CCOc1ccccc1Cl)C(=O)c1ccccc1NC(=O)c1ccc([N+](=O)[O-])cc1Cl. The highest BCUT2D eigenvalue weighted by molar-refractivity contribution is 6.34. The molecule has 0 aliphatic rings. The number of rotatable bonds is 8. The Hall–Kier alpha value is -3.62. The first-order valence-corrected chi connectivity index (χ1v) is 10.5. The summed E-state index contributed by atoms with van der Waals surface area (Å²) in [4.78, 5) is 37.4. The first kappa shape index (κ1) is 24.0. The van der Waals surface area contributed by atoms with E-state index in [1.54, 1.807) is 55.6 Å². The standard InChI is InChI=1S/C23H19Cl2N3O5/c1-27(12-13-33-21-9-5-3-7-18(21)24)23(30)17-6-2-4-8-20(17)26-22(29)16-11-10-15(28(31)32)14-19(16)25/h2-11,14H,12-13H2,1H3,(H,26,29). The molecule has 0 radical (unpaired) electrons. The molecule has 0 saturated carbocycles. The van der Waals surface area contributed by atoms with E-state index in [1.165, 1.54) is 17.0 Å². The van der Waals surface area contributed by atoms with Crippen LogP contribution in [-0.4, -0.2) is 41.8 Å². The monoisotopic (exact) mass is 487 g/mol. The Bertz CT molecular complexity index is 1200. The van der Waals surface area contributed by atoms with Crippen LogP contribution in [0, 0.1) is 10.1 Å². The van der Waals surface area contributed by atoms with Gasteiger partial charge in [0, 0.05) is 19.2 Å². The van der Waals surface area contributed by atoms with E-state index in [4.69, 9.17) is 27.9 Å². The predicted molar refractivity (Wildman–Crippen MR) is 126 cm³/mol. The van der Waals surface area contributed by atoms with Crippen LogP contribution in [0.15, 0.2) is 66.7 Å². The van der Waals surface area contributed by atoms with Crippen molar-refractivity contribution < 1.29 is 19.2 Å². The normalized spacial score (nSPS) is 10.4. The third-order valence-electron chi connectivity index (χ3n) is 4.68. The molecule has 3 aromatic rings. The minimum Gasteiger partial charge on any atom is -0.490 e. The summed E-state index contributed by atoms with van der Waals surface area (Å²) in [5.74, 6) is -0.407. The van der Waals surface area contributed by atoms with Crippen molar-refractivity contribution in [1.29, 1.82) is 0 Å². The van der Waals surface area contributed by atoms with Crippen LogP contribution in [0.1, 0.15) is 20.7 Å². The molecule has 0 aliphatic carbocycles. The van der Waals surface area contributed by atoms with Crippen molar-refractivity contribution in [2.24, 2.45) is 0 Å². The fourth-order valence-electron chi connectivity index (χ4n) is 2.93. The summed E-state index contributed by atoms with van der Waals surface area (Å²) in [5.41, 5.74) is 0.365. The molecular weight excluding hydrogens is 469 g/mol. The third-order valence-corrected chi connectivity index (χ3v) is 5.31. The van der Waals surface area contributed by atoms with E-state index in [0.717, 1.165) is 6.07 Å². The maximum absolute atomic E-state index is 13.0. The van der Waals surface area contributed by atoms with Crippen LogP contribution in [0.4, 0.5) is 11.4 Å². The largest absolute Gasteiger partial charge is 0.490 e. The number of ether oxygens (including phenoxy) is 1. The predicted octanol–water partition coefficient (Wildman–Crippen LogP) is 5.30. The Labute approximate surface area is 199 Å². The molecule has 2 amide bonds. The van der Waals surface area contributed by atoms with Gasteiger partial charge in [-0.25, -0.2) is 0 Å². The lowest BCUT2D eigenvalue weighted by molar-refractivity contribution is -0.384. The van der Waals surface area contributed by atoms with Gasteiger partial charge >= 0.3 is 0 Å². The van der Waals surface area contributed by atoms with E-state index >= 15 is 0 Å². The van der Waals surface area contributed by atoms with Crippen LogP contribution < -0.4 is 10.1 Å². The Morgan fingerprint density at radius 3 is 2.39 bits per heavy atom. The van der Waals surface area contributed by atoms with Gasteiger partial charge in [0.05, 0.1) is 38.3 Å². The molecule has 0 unspecified atom stereocenters. The summed E-state index contributed by atoms with van der Waals surface area (Å²) in [6.45, 7) is 0.499. The van der Waals surface area contributed by atoms with Crippen molar-refractivity contribution in [2.75, 3.05) is 25.5 Å². The van der Waals surface area contributed by atoms with Crippen molar-refractivity contribution in [3.8, 4) is 5.75 Å². The molecule has 3 rings (SSSR count). The second-order valence-corrected chi connectivity index (χ2v) is 7.74. The molecule has 0 spiro atoms. The van der Waals surface area contributed by atoms with E-state index < -0.39 is 10.8 Å². The van der Waals surface area contributed by atoms with Gasteiger partial charge in [0.1, 0.15) is 12.4 Å². The smallest absolute Gasteiger partial charge is 0.270 e. The van der Waals surface area contributed by atoms with Crippen LogP contribution in [0.25, 0.3) is 0 Å². The number of nitro benzene ring substituents is 1. The average molecular weight is 488 g/mol. The lowest BCUT2D eigenvalue weighted by atomic mass is 10.1. The number of hydrogen-bond donors (Lipinski definition) is 1. The van der Waals surface area contributed by atoms with E-state index in [1.807, 2.05) is 0 Å². The van der Waals surface area contributed by atoms with Gasteiger partial charge in [-0.15, -0.1) is 0 Å². The van der Waals surface area contributed by atoms with E-state index in [2.05, 4.69) is 5.32 Å². The van der Waals surface area contributed by atoms with Crippen molar-refractivity contribution in [3.05, 3.63) is 98.0 Å². The van der Waals surface area contributed by atoms with Gasteiger partial charge in [-0.2, -0.15) is 0 Å². The number of non-ortho nitro benzene ring substituents is 1. The molecule has 3 aromatic carbocycles. The number of benzene rings is 3. The molecular formula is C23H19Cl2N3O5. The van der Waals surface area contributed by atoms with Gasteiger partial charge in [-0.3, -0.25) is 19.7 Å². The highest BCUT2D eigenvalue weighted by Gasteiger charge is 2.20. The fourth-order valence-corrected chi connectivity index (χ4v) is 3.38. The lowest BCUT2D eigenvalue weighted by Crippen LogP contribution is -2.31. The van der Waals surface area contributed by atoms with E-state index in [-0.39, 0.29) is 46.6 Å². The zero-order chi connectivity index (χ0) is 24.0. The maximum atomic E-state index is 13.0. The van der Waals surface area contributed by atoms with Crippen LogP contribution in [-0.2, 0) is 0 Å². The van der Waals surface area contributed by atoms with Crippen molar-refractivity contribution >= 4 is 46.4 Å². The summed E-state index contributed by atoms with van der Waals surface area (Å²) in [6, 6.07) is 17.1. The molecule has 8 nitrogen and oxygen atoms in total. The number of hydrogen-bond acceptors (Lipinski definition) is 5. The third kappa shape index (κ3) is 6.00. The molecule has 0 aromatic heterocycles. The Morgan fingerprint density at radius 1 is 1.00 bits per heavy atom. The molecule has 10 heteroatoms. The van der Waals surface area contributed by atoms with Crippen LogP contribution in [0.3, 0.4) is 0 Å². The summed E-state index contributed by atoms with van der Waals surface area (Å²) in [7, 11) is 1.62. The van der Waals surface area contributed by atoms with Gasteiger partial charge in [-0.1, -0.05) is 47.5 Å². The topological polar surface area (TPSA) is 102 Å². The average Bonchev–Trinajstić information content (AvgIpc) is 2.80. The van der Waals surface area contributed by atoms with Gasteiger partial charge in [-0.05, 0) is 30.3 Å². The Kier molecular flexibility index (Phi) is 7.87. The first-order valence-electron chi connectivity index (χ1n) is 9.75. The number of carbonyl (C=O) groups is 2. The minimum absolute atomic E-state index is 0.0472. The second-order valence-electron chi connectivity index (χ2n) is 6.93. The molecule has 0 saturated heterocycles. The second kappa shape index (κ2) is 10.8. The number of halogens is 2. The van der Waals surface area contributed by atoms with Crippen LogP contribution in [0.2, 0.25) is 10.0 Å². The summed E-state index contributed by atoms with van der Waals surface area (Å²) in [6.07, 6.45) is 0. The number of nitro groups is 1. The zero-order valence-corrected chi connectivity index (χ0v) is 19.0. The van der Waals surface area contributed by atoms with Gasteiger partial charge < -0.3 is 15.0 Å². The molecule has 1 N–H and O–H groups in total.